The number of benzene rings is 1. The second-order valence-electron chi connectivity index (χ2n) is 6.63. The maximum absolute atomic E-state index is 12.3. The number of hydrogen-bond acceptors (Lipinski definition) is 5. The summed E-state index contributed by atoms with van der Waals surface area (Å²) < 4.78 is 4.89. The molecule has 1 N–H and O–H groups in total. The highest BCUT2D eigenvalue weighted by Gasteiger charge is 2.47. The normalized spacial score (nSPS) is 23.8. The third-order valence-electron chi connectivity index (χ3n) is 4.77. The van der Waals surface area contributed by atoms with Gasteiger partial charge in [0.05, 0.1) is 24.8 Å². The summed E-state index contributed by atoms with van der Waals surface area (Å²) in [7, 11) is 1.38. The van der Waals surface area contributed by atoms with Crippen LogP contribution in [0.25, 0.3) is 0 Å². The fraction of sp³-hybridized carbons (Fsp3) is 0.500. The van der Waals surface area contributed by atoms with E-state index in [9.17, 15) is 14.4 Å². The van der Waals surface area contributed by atoms with Crippen LogP contribution in [0.1, 0.15) is 31.1 Å². The lowest BCUT2D eigenvalue weighted by molar-refractivity contribution is -0.153. The lowest BCUT2D eigenvalue weighted by atomic mass is 9.81. The molecule has 24 heavy (non-hydrogen) atoms. The Kier molecular flexibility index (Phi) is 5.39. The molecule has 130 valence electrons. The minimum atomic E-state index is -0.605. The molecular formula is C18H24N2O4. The van der Waals surface area contributed by atoms with Crippen LogP contribution < -0.4 is 5.32 Å². The van der Waals surface area contributed by atoms with Crippen LogP contribution in [0.3, 0.4) is 0 Å². The first-order valence-electron chi connectivity index (χ1n) is 7.98. The Bertz CT molecular complexity index is 658. The Hall–Kier alpha value is -2.21. The lowest BCUT2D eigenvalue weighted by Gasteiger charge is -2.24. The number of likely N-dealkylation sites (tertiary alicyclic amines) is 1. The molecule has 0 unspecified atom stereocenters. The summed E-state index contributed by atoms with van der Waals surface area (Å²) in [5.74, 6) is -0.453. The van der Waals surface area contributed by atoms with Crippen molar-refractivity contribution < 1.29 is 19.1 Å². The molecule has 2 atom stereocenters. The molecule has 1 amide bonds. The molecule has 1 aliphatic rings. The van der Waals surface area contributed by atoms with E-state index in [4.69, 9.17) is 4.74 Å². The number of Topliss-reactive ketones (excluding diaryl/α,β-unsaturated/α-hetero) is 1. The van der Waals surface area contributed by atoms with Gasteiger partial charge in [0.2, 0.25) is 5.91 Å². The van der Waals surface area contributed by atoms with E-state index in [2.05, 4.69) is 5.32 Å². The molecule has 0 spiro atoms. The maximum Gasteiger partial charge on any atom is 0.313 e. The summed E-state index contributed by atoms with van der Waals surface area (Å²) in [5.41, 5.74) is 0.393. The van der Waals surface area contributed by atoms with Crippen LogP contribution in [0.5, 0.6) is 0 Å². The first-order valence-corrected chi connectivity index (χ1v) is 7.98. The fourth-order valence-corrected chi connectivity index (χ4v) is 3.18. The first kappa shape index (κ1) is 18.1. The Morgan fingerprint density at radius 3 is 2.62 bits per heavy atom. The third kappa shape index (κ3) is 3.64. The first-order chi connectivity index (χ1) is 11.3. The molecule has 1 saturated heterocycles. The van der Waals surface area contributed by atoms with Gasteiger partial charge in [-0.15, -0.1) is 0 Å². The van der Waals surface area contributed by atoms with Crippen molar-refractivity contribution in [2.75, 3.05) is 32.1 Å². The molecule has 0 saturated carbocycles. The van der Waals surface area contributed by atoms with Gasteiger partial charge in [-0.25, -0.2) is 0 Å². The Labute approximate surface area is 142 Å². The molecule has 0 radical (unpaired) electrons. The van der Waals surface area contributed by atoms with E-state index in [1.165, 1.54) is 14.0 Å². The molecule has 0 bridgehead atoms. The third-order valence-corrected chi connectivity index (χ3v) is 4.77. The van der Waals surface area contributed by atoms with Crippen molar-refractivity contribution in [2.24, 2.45) is 11.3 Å². The Morgan fingerprint density at radius 1 is 1.33 bits per heavy atom. The van der Waals surface area contributed by atoms with Crippen molar-refractivity contribution in [3.63, 3.8) is 0 Å². The van der Waals surface area contributed by atoms with Crippen molar-refractivity contribution >= 4 is 23.3 Å². The van der Waals surface area contributed by atoms with Gasteiger partial charge in [0.15, 0.2) is 5.78 Å². The number of nitrogens with zero attached hydrogens (tertiary/aromatic N) is 1. The van der Waals surface area contributed by atoms with Crippen LogP contribution in [0, 0.1) is 11.3 Å². The second kappa shape index (κ2) is 7.13. The predicted molar refractivity (Wildman–Crippen MR) is 90.8 cm³/mol. The van der Waals surface area contributed by atoms with Gasteiger partial charge in [-0.2, -0.15) is 0 Å². The molecule has 2 rings (SSSR count). The maximum atomic E-state index is 12.3. The fourth-order valence-electron chi connectivity index (χ4n) is 3.18. The number of nitrogens with one attached hydrogen (secondary N) is 1. The zero-order valence-electron chi connectivity index (χ0n) is 14.6. The second-order valence-corrected chi connectivity index (χ2v) is 6.63. The van der Waals surface area contributed by atoms with E-state index < -0.39 is 5.41 Å². The minimum Gasteiger partial charge on any atom is -0.469 e. The quantitative estimate of drug-likeness (QED) is 0.659. The number of hydrogen-bond donors (Lipinski definition) is 1. The van der Waals surface area contributed by atoms with Crippen LogP contribution in [0.4, 0.5) is 5.69 Å². The number of rotatable bonds is 5. The minimum absolute atomic E-state index is 0.0982. The van der Waals surface area contributed by atoms with E-state index in [-0.39, 0.29) is 30.1 Å². The lowest BCUT2D eigenvalue weighted by Crippen LogP contribution is -2.37. The molecule has 0 aromatic heterocycles. The average molecular weight is 332 g/mol. The largest absolute Gasteiger partial charge is 0.469 e. The highest BCUT2D eigenvalue weighted by atomic mass is 16.5. The van der Waals surface area contributed by atoms with Crippen LogP contribution in [0.2, 0.25) is 0 Å². The summed E-state index contributed by atoms with van der Waals surface area (Å²) in [4.78, 5) is 37.9. The summed E-state index contributed by atoms with van der Waals surface area (Å²) in [6.45, 7) is 6.61. The van der Waals surface area contributed by atoms with Gasteiger partial charge in [0.25, 0.3) is 0 Å². The Balaban J connectivity index is 2.02. The number of carbonyl (C=O) groups is 3. The molecular weight excluding hydrogens is 308 g/mol. The van der Waals surface area contributed by atoms with Crippen molar-refractivity contribution in [1.29, 1.82) is 0 Å². The number of esters is 1. The van der Waals surface area contributed by atoms with Crippen molar-refractivity contribution in [3.8, 4) is 0 Å². The number of amides is 1. The zero-order chi connectivity index (χ0) is 17.9. The topological polar surface area (TPSA) is 75.7 Å². The molecule has 1 aliphatic heterocycles. The van der Waals surface area contributed by atoms with Crippen molar-refractivity contribution in [1.82, 2.24) is 4.90 Å². The SMILES string of the molecule is COC(=O)[C@]1(C)CN(CC(=O)Nc2ccccc2C(C)=O)C[C@H]1C. The van der Waals surface area contributed by atoms with E-state index in [1.54, 1.807) is 24.3 Å². The smallest absolute Gasteiger partial charge is 0.313 e. The molecule has 1 fully saturated rings. The van der Waals surface area contributed by atoms with Gasteiger partial charge in [-0.3, -0.25) is 19.3 Å². The number of carbonyl (C=O) groups excluding carboxylic acids is 3. The standard InChI is InChI=1S/C18H24N2O4/c1-12-9-20(11-18(12,3)17(23)24-4)10-16(22)19-15-8-6-5-7-14(15)13(2)21/h5-8,12H,9-11H2,1-4H3,(H,19,22)/t12-,18-/m1/s1. The van der Waals surface area contributed by atoms with Gasteiger partial charge in [0.1, 0.15) is 0 Å². The van der Waals surface area contributed by atoms with Crippen molar-refractivity contribution in [2.45, 2.75) is 20.8 Å². The summed E-state index contributed by atoms with van der Waals surface area (Å²) in [6, 6.07) is 6.93. The zero-order valence-corrected chi connectivity index (χ0v) is 14.6. The van der Waals surface area contributed by atoms with Crippen molar-refractivity contribution in [3.05, 3.63) is 29.8 Å². The van der Waals surface area contributed by atoms with Gasteiger partial charge < -0.3 is 10.1 Å². The molecule has 6 nitrogen and oxygen atoms in total. The summed E-state index contributed by atoms with van der Waals surface area (Å²) in [5, 5.41) is 2.79. The van der Waals surface area contributed by atoms with Crippen LogP contribution in [-0.2, 0) is 14.3 Å². The number of ketones is 1. The van der Waals surface area contributed by atoms with Crippen LogP contribution in [0.15, 0.2) is 24.3 Å². The number of ether oxygens (including phenoxy) is 1. The number of methoxy groups -OCH3 is 1. The van der Waals surface area contributed by atoms with Crippen LogP contribution in [-0.4, -0.2) is 49.3 Å². The van der Waals surface area contributed by atoms with Gasteiger partial charge in [0, 0.05) is 18.7 Å². The molecule has 1 heterocycles. The highest BCUT2D eigenvalue weighted by Crippen LogP contribution is 2.36. The molecule has 0 aliphatic carbocycles. The van der Waals surface area contributed by atoms with Gasteiger partial charge >= 0.3 is 5.97 Å². The summed E-state index contributed by atoms with van der Waals surface area (Å²) in [6.07, 6.45) is 0. The molecule has 6 heteroatoms. The Morgan fingerprint density at radius 2 is 2.00 bits per heavy atom. The monoisotopic (exact) mass is 332 g/mol. The van der Waals surface area contributed by atoms with E-state index in [0.29, 0.717) is 24.3 Å². The predicted octanol–water partition coefficient (Wildman–Crippen LogP) is 1.96. The van der Waals surface area contributed by atoms with E-state index in [0.717, 1.165) is 0 Å². The summed E-state index contributed by atoms with van der Waals surface area (Å²) >= 11 is 0. The molecule has 1 aromatic carbocycles. The molecule has 1 aromatic rings. The van der Waals surface area contributed by atoms with E-state index >= 15 is 0 Å². The van der Waals surface area contributed by atoms with Gasteiger partial charge in [-0.05, 0) is 31.9 Å². The van der Waals surface area contributed by atoms with E-state index in [1.807, 2.05) is 18.7 Å². The van der Waals surface area contributed by atoms with Gasteiger partial charge in [-0.1, -0.05) is 19.1 Å². The highest BCUT2D eigenvalue weighted by molar-refractivity contribution is 6.04. The van der Waals surface area contributed by atoms with Crippen LogP contribution >= 0.6 is 0 Å². The number of para-hydroxylation sites is 1. The average Bonchev–Trinajstić information content (AvgIpc) is 2.81. The number of anilines is 1.